The lowest BCUT2D eigenvalue weighted by molar-refractivity contribution is -0.156. The first-order valence-electron chi connectivity index (χ1n) is 7.17. The van der Waals surface area contributed by atoms with E-state index in [-0.39, 0.29) is 23.3 Å². The van der Waals surface area contributed by atoms with Gasteiger partial charge in [0.15, 0.2) is 0 Å². The van der Waals surface area contributed by atoms with E-state index in [1.807, 2.05) is 13.8 Å². The van der Waals surface area contributed by atoms with E-state index >= 15 is 0 Å². The van der Waals surface area contributed by atoms with Gasteiger partial charge in [0.05, 0.1) is 23.5 Å². The number of aldehydes is 2. The van der Waals surface area contributed by atoms with Crippen LogP contribution >= 0.6 is 0 Å². The monoisotopic (exact) mass is 292 g/mol. The third-order valence-electron chi connectivity index (χ3n) is 5.74. The summed E-state index contributed by atoms with van der Waals surface area (Å²) in [6.07, 6.45) is 4.14. The van der Waals surface area contributed by atoms with Crippen LogP contribution in [-0.4, -0.2) is 36.4 Å². The normalized spacial score (nSPS) is 45.9. The fraction of sp³-hybridized carbons (Fsp3) is 0.688. The Hall–Kier alpha value is -1.49. The van der Waals surface area contributed by atoms with Crippen LogP contribution in [0.25, 0.3) is 0 Å². The van der Waals surface area contributed by atoms with E-state index < -0.39 is 22.4 Å². The molecule has 2 saturated carbocycles. The minimum absolute atomic E-state index is 0.160. The molecule has 3 rings (SSSR count). The summed E-state index contributed by atoms with van der Waals surface area (Å²) < 4.78 is 4.92. The molecule has 0 aromatic heterocycles. The maximum atomic E-state index is 12.4. The van der Waals surface area contributed by atoms with Gasteiger partial charge in [-0.25, -0.2) is 0 Å². The Morgan fingerprint density at radius 2 is 2.05 bits per heavy atom. The Kier molecular flexibility index (Phi) is 2.63. The van der Waals surface area contributed by atoms with Gasteiger partial charge in [0.2, 0.25) is 0 Å². The number of hydrogen-bond donors (Lipinski definition) is 1. The highest BCUT2D eigenvalue weighted by Crippen LogP contribution is 2.78. The summed E-state index contributed by atoms with van der Waals surface area (Å²) in [5.41, 5.74) is -3.36. The second-order valence-corrected chi connectivity index (χ2v) is 7.54. The molecule has 0 radical (unpaired) electrons. The summed E-state index contributed by atoms with van der Waals surface area (Å²) in [6, 6.07) is 0. The zero-order valence-electron chi connectivity index (χ0n) is 12.5. The van der Waals surface area contributed by atoms with Crippen LogP contribution in [0.1, 0.15) is 33.1 Å². The minimum atomic E-state index is -1.23. The number of methoxy groups -OCH3 is 1. The van der Waals surface area contributed by atoms with Gasteiger partial charge in [-0.05, 0) is 30.8 Å². The molecule has 0 aromatic carbocycles. The summed E-state index contributed by atoms with van der Waals surface area (Å²) in [6.45, 7) is 4.04. The number of hydrogen-bond acceptors (Lipinski definition) is 5. The number of aliphatic hydroxyl groups is 1. The van der Waals surface area contributed by atoms with E-state index in [1.54, 1.807) is 0 Å². The highest BCUT2D eigenvalue weighted by atomic mass is 16.5. The molecule has 114 valence electrons. The van der Waals surface area contributed by atoms with Crippen LogP contribution in [0, 0.1) is 22.2 Å². The zero-order chi connectivity index (χ0) is 15.7. The average molecular weight is 292 g/mol. The summed E-state index contributed by atoms with van der Waals surface area (Å²) in [5.74, 6) is -0.885. The molecule has 0 aliphatic heterocycles. The van der Waals surface area contributed by atoms with Crippen LogP contribution in [0.15, 0.2) is 11.6 Å². The lowest BCUT2D eigenvalue weighted by atomic mass is 9.66. The Labute approximate surface area is 123 Å². The Morgan fingerprint density at radius 3 is 2.57 bits per heavy atom. The third-order valence-corrected chi connectivity index (χ3v) is 5.74. The van der Waals surface area contributed by atoms with Crippen LogP contribution in [-0.2, 0) is 19.1 Å². The van der Waals surface area contributed by atoms with Gasteiger partial charge in [0.25, 0.3) is 0 Å². The SMILES string of the molecule is COC(=O)[C@@]12C[C@]1(C=O)C(C=O)=C[C@@]1(O)CC(C)(C)C[C@H]12. The second kappa shape index (κ2) is 3.83. The summed E-state index contributed by atoms with van der Waals surface area (Å²) in [5, 5.41) is 11.0. The molecule has 4 atom stereocenters. The van der Waals surface area contributed by atoms with Crippen LogP contribution in [0.2, 0.25) is 0 Å². The number of esters is 1. The lowest BCUT2D eigenvalue weighted by Crippen LogP contribution is -2.48. The van der Waals surface area contributed by atoms with E-state index in [0.29, 0.717) is 25.4 Å². The zero-order valence-corrected chi connectivity index (χ0v) is 12.5. The van der Waals surface area contributed by atoms with Gasteiger partial charge in [0, 0.05) is 11.5 Å². The maximum Gasteiger partial charge on any atom is 0.313 e. The van der Waals surface area contributed by atoms with E-state index in [9.17, 15) is 19.5 Å². The van der Waals surface area contributed by atoms with Crippen molar-refractivity contribution in [3.8, 4) is 0 Å². The molecular formula is C16H20O5. The number of carbonyl (C=O) groups is 3. The van der Waals surface area contributed by atoms with E-state index in [0.717, 1.165) is 0 Å². The molecular weight excluding hydrogens is 272 g/mol. The van der Waals surface area contributed by atoms with Crippen LogP contribution in [0.5, 0.6) is 0 Å². The standard InChI is InChI=1S/C16H20O5/c1-13(2)5-11-15(20,7-13)4-10(6-17)14(9-18)8-16(11,14)12(19)21-3/h4,6,9,11,20H,5,7-8H2,1-3H3/t11-,14+,15-,16+/m1/s1. The number of ether oxygens (including phenoxy) is 1. The number of fused-ring (bicyclic) bond motifs is 3. The molecule has 21 heavy (non-hydrogen) atoms. The molecule has 3 aliphatic carbocycles. The molecule has 0 amide bonds. The van der Waals surface area contributed by atoms with Gasteiger partial charge in [-0.3, -0.25) is 9.59 Å². The molecule has 0 aromatic rings. The van der Waals surface area contributed by atoms with Gasteiger partial charge >= 0.3 is 5.97 Å². The van der Waals surface area contributed by atoms with Crippen molar-refractivity contribution in [2.75, 3.05) is 7.11 Å². The number of carbonyl (C=O) groups excluding carboxylic acids is 3. The average Bonchev–Trinajstić information content (AvgIpc) is 3.05. The number of rotatable bonds is 3. The van der Waals surface area contributed by atoms with Crippen molar-refractivity contribution in [2.24, 2.45) is 22.2 Å². The molecule has 0 spiro atoms. The highest BCUT2D eigenvalue weighted by molar-refractivity contribution is 5.99. The highest BCUT2D eigenvalue weighted by Gasteiger charge is 2.83. The minimum Gasteiger partial charge on any atom is -0.469 e. The van der Waals surface area contributed by atoms with Crippen molar-refractivity contribution in [2.45, 2.75) is 38.7 Å². The molecule has 3 aliphatic rings. The lowest BCUT2D eigenvalue weighted by Gasteiger charge is -2.39. The van der Waals surface area contributed by atoms with Crippen LogP contribution < -0.4 is 0 Å². The first kappa shape index (κ1) is 14.4. The van der Waals surface area contributed by atoms with Crippen molar-refractivity contribution < 1.29 is 24.2 Å². The van der Waals surface area contributed by atoms with Gasteiger partial charge in [0.1, 0.15) is 12.6 Å². The van der Waals surface area contributed by atoms with Gasteiger partial charge in [-0.2, -0.15) is 0 Å². The maximum absolute atomic E-state index is 12.4. The largest absolute Gasteiger partial charge is 0.469 e. The summed E-state index contributed by atoms with van der Waals surface area (Å²) in [4.78, 5) is 35.5. The molecule has 0 bridgehead atoms. The summed E-state index contributed by atoms with van der Waals surface area (Å²) in [7, 11) is 1.28. The van der Waals surface area contributed by atoms with Crippen LogP contribution in [0.4, 0.5) is 0 Å². The molecule has 0 unspecified atom stereocenters. The molecule has 0 heterocycles. The van der Waals surface area contributed by atoms with Crippen molar-refractivity contribution >= 4 is 18.5 Å². The first-order chi connectivity index (χ1) is 9.71. The van der Waals surface area contributed by atoms with E-state index in [2.05, 4.69) is 0 Å². The van der Waals surface area contributed by atoms with Crippen molar-refractivity contribution in [1.29, 1.82) is 0 Å². The van der Waals surface area contributed by atoms with E-state index in [1.165, 1.54) is 13.2 Å². The molecule has 5 nitrogen and oxygen atoms in total. The second-order valence-electron chi connectivity index (χ2n) is 7.54. The van der Waals surface area contributed by atoms with Crippen LogP contribution in [0.3, 0.4) is 0 Å². The first-order valence-corrected chi connectivity index (χ1v) is 7.17. The van der Waals surface area contributed by atoms with Gasteiger partial charge < -0.3 is 14.6 Å². The molecule has 0 saturated heterocycles. The predicted octanol–water partition coefficient (Wildman–Crippen LogP) is 1.04. The fourth-order valence-electron chi connectivity index (χ4n) is 4.96. The summed E-state index contributed by atoms with van der Waals surface area (Å²) >= 11 is 0. The smallest absolute Gasteiger partial charge is 0.313 e. The number of allylic oxidation sites excluding steroid dienone is 1. The molecule has 1 N–H and O–H groups in total. The van der Waals surface area contributed by atoms with Crippen molar-refractivity contribution in [1.82, 2.24) is 0 Å². The third kappa shape index (κ3) is 1.47. The van der Waals surface area contributed by atoms with Gasteiger partial charge in [-0.15, -0.1) is 0 Å². The topological polar surface area (TPSA) is 80.7 Å². The molecule has 5 heteroatoms. The Morgan fingerprint density at radius 1 is 1.38 bits per heavy atom. The van der Waals surface area contributed by atoms with Gasteiger partial charge in [-0.1, -0.05) is 13.8 Å². The quantitative estimate of drug-likeness (QED) is 0.621. The fourth-order valence-corrected chi connectivity index (χ4v) is 4.96. The predicted molar refractivity (Wildman–Crippen MR) is 73.2 cm³/mol. The van der Waals surface area contributed by atoms with E-state index in [4.69, 9.17) is 4.74 Å². The van der Waals surface area contributed by atoms with Crippen molar-refractivity contribution in [3.05, 3.63) is 11.6 Å². The Bertz CT molecular complexity index is 577. The molecule has 2 fully saturated rings. The van der Waals surface area contributed by atoms with Crippen molar-refractivity contribution in [3.63, 3.8) is 0 Å². The Balaban J connectivity index is 2.21.